The molecule has 1 aliphatic rings. The Morgan fingerprint density at radius 3 is 3.00 bits per heavy atom. The van der Waals surface area contributed by atoms with E-state index < -0.39 is 0 Å². The van der Waals surface area contributed by atoms with E-state index in [-0.39, 0.29) is 0 Å². The first kappa shape index (κ1) is 12.4. The van der Waals surface area contributed by atoms with Crippen molar-refractivity contribution >= 4 is 17.5 Å². The Bertz CT molecular complexity index is 600. The lowest BCUT2D eigenvalue weighted by atomic mass is 10.1. The third-order valence-electron chi connectivity index (χ3n) is 3.38. The van der Waals surface area contributed by atoms with Gasteiger partial charge in [-0.15, -0.1) is 0 Å². The third-order valence-corrected chi connectivity index (χ3v) is 3.75. The van der Waals surface area contributed by atoms with Gasteiger partial charge in [-0.1, -0.05) is 29.8 Å². The SMILES string of the molecule is Nc1ncc2c(n1)CCN(Cc1ccccc1Cl)C2. The summed E-state index contributed by atoms with van der Waals surface area (Å²) in [6.07, 6.45) is 2.74. The molecule has 2 heterocycles. The van der Waals surface area contributed by atoms with Gasteiger partial charge in [-0.3, -0.25) is 4.90 Å². The molecule has 1 aromatic carbocycles. The minimum absolute atomic E-state index is 0.360. The van der Waals surface area contributed by atoms with E-state index in [1.807, 2.05) is 24.4 Å². The molecule has 1 aliphatic heterocycles. The molecule has 0 saturated heterocycles. The van der Waals surface area contributed by atoms with Crippen LogP contribution in [0.1, 0.15) is 16.8 Å². The van der Waals surface area contributed by atoms with Crippen LogP contribution in [0.25, 0.3) is 0 Å². The van der Waals surface area contributed by atoms with Crippen LogP contribution in [0.15, 0.2) is 30.5 Å². The fourth-order valence-electron chi connectivity index (χ4n) is 2.39. The van der Waals surface area contributed by atoms with Gasteiger partial charge in [0.2, 0.25) is 5.95 Å². The molecule has 0 bridgehead atoms. The minimum Gasteiger partial charge on any atom is -0.368 e. The van der Waals surface area contributed by atoms with Gasteiger partial charge in [0.15, 0.2) is 0 Å². The average Bonchev–Trinajstić information content (AvgIpc) is 2.41. The fraction of sp³-hybridized carbons (Fsp3) is 0.286. The van der Waals surface area contributed by atoms with Crippen molar-refractivity contribution in [1.29, 1.82) is 0 Å². The van der Waals surface area contributed by atoms with Crippen molar-refractivity contribution in [2.24, 2.45) is 0 Å². The molecule has 0 aliphatic carbocycles. The molecule has 98 valence electrons. The lowest BCUT2D eigenvalue weighted by Gasteiger charge is -2.28. The molecule has 0 atom stereocenters. The number of anilines is 1. The molecule has 0 spiro atoms. The Morgan fingerprint density at radius 1 is 1.32 bits per heavy atom. The predicted octanol–water partition coefficient (Wildman–Crippen LogP) is 2.27. The number of halogens is 1. The highest BCUT2D eigenvalue weighted by Gasteiger charge is 2.18. The molecule has 1 aromatic heterocycles. The van der Waals surface area contributed by atoms with Crippen LogP contribution in [0, 0.1) is 0 Å². The first-order valence-electron chi connectivity index (χ1n) is 6.28. The number of rotatable bonds is 2. The number of nitrogens with zero attached hydrogens (tertiary/aromatic N) is 3. The van der Waals surface area contributed by atoms with E-state index in [1.54, 1.807) is 0 Å². The summed E-state index contributed by atoms with van der Waals surface area (Å²) in [6.45, 7) is 2.67. The van der Waals surface area contributed by atoms with Crippen molar-refractivity contribution in [3.8, 4) is 0 Å². The van der Waals surface area contributed by atoms with Crippen LogP contribution >= 0.6 is 11.6 Å². The molecule has 4 nitrogen and oxygen atoms in total. The number of hydrogen-bond donors (Lipinski definition) is 1. The molecule has 2 N–H and O–H groups in total. The molecular weight excluding hydrogens is 260 g/mol. The van der Waals surface area contributed by atoms with Gasteiger partial charge in [-0.2, -0.15) is 0 Å². The van der Waals surface area contributed by atoms with Crippen molar-refractivity contribution in [3.05, 3.63) is 52.3 Å². The summed E-state index contributed by atoms with van der Waals surface area (Å²) in [4.78, 5) is 10.7. The zero-order valence-corrected chi connectivity index (χ0v) is 11.3. The quantitative estimate of drug-likeness (QED) is 0.913. The highest BCUT2D eigenvalue weighted by molar-refractivity contribution is 6.31. The van der Waals surface area contributed by atoms with Gasteiger partial charge in [0.1, 0.15) is 0 Å². The molecular formula is C14H15ClN4. The van der Waals surface area contributed by atoms with E-state index in [9.17, 15) is 0 Å². The summed E-state index contributed by atoms with van der Waals surface area (Å²) in [5.41, 5.74) is 8.99. The van der Waals surface area contributed by atoms with E-state index in [2.05, 4.69) is 20.9 Å². The number of nitrogen functional groups attached to an aromatic ring is 1. The Morgan fingerprint density at radius 2 is 2.16 bits per heavy atom. The fourth-order valence-corrected chi connectivity index (χ4v) is 2.59. The van der Waals surface area contributed by atoms with Crippen LogP contribution in [-0.4, -0.2) is 21.4 Å². The Balaban J connectivity index is 1.76. The number of benzene rings is 1. The minimum atomic E-state index is 0.360. The van der Waals surface area contributed by atoms with E-state index in [1.165, 1.54) is 0 Å². The predicted molar refractivity (Wildman–Crippen MR) is 75.7 cm³/mol. The Hall–Kier alpha value is -1.65. The molecule has 2 aromatic rings. The summed E-state index contributed by atoms with van der Waals surface area (Å²) in [5.74, 6) is 0.360. The molecule has 0 radical (unpaired) electrons. The third kappa shape index (κ3) is 2.69. The average molecular weight is 275 g/mol. The normalized spacial score (nSPS) is 15.2. The van der Waals surface area contributed by atoms with Crippen LogP contribution in [0.5, 0.6) is 0 Å². The standard InChI is InChI=1S/C14H15ClN4/c15-12-4-2-1-3-10(12)8-19-6-5-13-11(9-19)7-17-14(16)18-13/h1-4,7H,5-6,8-9H2,(H2,16,17,18). The van der Waals surface area contributed by atoms with E-state index in [0.29, 0.717) is 5.95 Å². The van der Waals surface area contributed by atoms with Crippen molar-refractivity contribution in [3.63, 3.8) is 0 Å². The van der Waals surface area contributed by atoms with Crippen molar-refractivity contribution in [1.82, 2.24) is 14.9 Å². The highest BCUT2D eigenvalue weighted by atomic mass is 35.5. The second-order valence-corrected chi connectivity index (χ2v) is 5.16. The second kappa shape index (κ2) is 5.15. The van der Waals surface area contributed by atoms with E-state index in [4.69, 9.17) is 17.3 Å². The van der Waals surface area contributed by atoms with E-state index in [0.717, 1.165) is 47.9 Å². The number of hydrogen-bond acceptors (Lipinski definition) is 4. The van der Waals surface area contributed by atoms with Crippen LogP contribution in [0.4, 0.5) is 5.95 Å². The highest BCUT2D eigenvalue weighted by Crippen LogP contribution is 2.22. The molecule has 0 amide bonds. The smallest absolute Gasteiger partial charge is 0.220 e. The number of fused-ring (bicyclic) bond motifs is 1. The molecule has 3 rings (SSSR count). The van der Waals surface area contributed by atoms with Gasteiger partial charge in [0.05, 0.1) is 5.69 Å². The van der Waals surface area contributed by atoms with Gasteiger partial charge < -0.3 is 5.73 Å². The summed E-state index contributed by atoms with van der Waals surface area (Å²) in [5, 5.41) is 0.821. The second-order valence-electron chi connectivity index (χ2n) is 4.75. The molecule has 0 fully saturated rings. The van der Waals surface area contributed by atoms with Gasteiger partial charge in [0.25, 0.3) is 0 Å². The first-order chi connectivity index (χ1) is 9.22. The van der Waals surface area contributed by atoms with Gasteiger partial charge in [0, 0.05) is 42.8 Å². The maximum Gasteiger partial charge on any atom is 0.220 e. The monoisotopic (exact) mass is 274 g/mol. The van der Waals surface area contributed by atoms with Crippen LogP contribution in [-0.2, 0) is 19.5 Å². The van der Waals surface area contributed by atoms with Gasteiger partial charge >= 0.3 is 0 Å². The molecule has 5 heteroatoms. The summed E-state index contributed by atoms with van der Waals surface area (Å²) in [7, 11) is 0. The number of aromatic nitrogens is 2. The van der Waals surface area contributed by atoms with Crippen molar-refractivity contribution in [2.45, 2.75) is 19.5 Å². The zero-order valence-electron chi connectivity index (χ0n) is 10.5. The van der Waals surface area contributed by atoms with Crippen LogP contribution < -0.4 is 5.73 Å². The lowest BCUT2D eigenvalue weighted by Crippen LogP contribution is -2.31. The number of nitrogens with two attached hydrogens (primary N) is 1. The maximum atomic E-state index is 6.20. The van der Waals surface area contributed by atoms with Crippen molar-refractivity contribution < 1.29 is 0 Å². The molecule has 0 unspecified atom stereocenters. The lowest BCUT2D eigenvalue weighted by molar-refractivity contribution is 0.243. The topological polar surface area (TPSA) is 55.0 Å². The largest absolute Gasteiger partial charge is 0.368 e. The molecule has 0 saturated carbocycles. The zero-order chi connectivity index (χ0) is 13.2. The summed E-state index contributed by atoms with van der Waals surface area (Å²) < 4.78 is 0. The van der Waals surface area contributed by atoms with Gasteiger partial charge in [-0.05, 0) is 11.6 Å². The maximum absolute atomic E-state index is 6.20. The van der Waals surface area contributed by atoms with Gasteiger partial charge in [-0.25, -0.2) is 9.97 Å². The van der Waals surface area contributed by atoms with Crippen LogP contribution in [0.2, 0.25) is 5.02 Å². The van der Waals surface area contributed by atoms with Crippen LogP contribution in [0.3, 0.4) is 0 Å². The van der Waals surface area contributed by atoms with Crippen molar-refractivity contribution in [2.75, 3.05) is 12.3 Å². The summed E-state index contributed by atoms with van der Waals surface area (Å²) in [6, 6.07) is 7.97. The van der Waals surface area contributed by atoms with E-state index >= 15 is 0 Å². The Kier molecular flexibility index (Phi) is 3.36. The molecule has 19 heavy (non-hydrogen) atoms. The first-order valence-corrected chi connectivity index (χ1v) is 6.66. The Labute approximate surface area is 117 Å². The summed E-state index contributed by atoms with van der Waals surface area (Å²) >= 11 is 6.20.